The highest BCUT2D eigenvalue weighted by Crippen LogP contribution is 2.56. The molecule has 0 aromatic heterocycles. The van der Waals surface area contributed by atoms with Crippen molar-refractivity contribution in [3.05, 3.63) is 151 Å². The van der Waals surface area contributed by atoms with Crippen molar-refractivity contribution < 1.29 is 19.4 Å². The summed E-state index contributed by atoms with van der Waals surface area (Å²) in [6.45, 7) is 1.45. The minimum atomic E-state index is -2.28. The number of ether oxygens (including phenoxy) is 1. The van der Waals surface area contributed by atoms with E-state index in [2.05, 4.69) is 78.9 Å². The maximum atomic E-state index is 11.9. The maximum Gasteiger partial charge on any atom is 0.308 e. The molecule has 0 fully saturated rings. The summed E-state index contributed by atoms with van der Waals surface area (Å²) in [5.41, 5.74) is 0.220. The molecule has 4 nitrogen and oxygen atoms in total. The van der Waals surface area contributed by atoms with Crippen molar-refractivity contribution in [1.29, 1.82) is 0 Å². The predicted molar refractivity (Wildman–Crippen MR) is 153 cm³/mol. The molecule has 5 aromatic carbocycles. The van der Waals surface area contributed by atoms with Crippen LogP contribution in [0.1, 0.15) is 17.3 Å². The molecule has 0 radical (unpaired) electrons. The third kappa shape index (κ3) is 5.88. The van der Waals surface area contributed by atoms with Crippen molar-refractivity contribution in [2.45, 2.75) is 6.92 Å². The molecule has 0 saturated carbocycles. The van der Waals surface area contributed by atoms with Crippen molar-refractivity contribution in [2.75, 3.05) is 0 Å². The molecule has 38 heavy (non-hydrogen) atoms. The van der Waals surface area contributed by atoms with E-state index in [1.807, 2.05) is 36.4 Å². The first-order valence-electron chi connectivity index (χ1n) is 12.1. The molecule has 0 atom stereocenters. The number of aromatic carboxylic acids is 1. The van der Waals surface area contributed by atoms with E-state index in [1.165, 1.54) is 35.0 Å². The van der Waals surface area contributed by atoms with E-state index in [0.29, 0.717) is 5.75 Å². The molecule has 0 N–H and O–H groups in total. The van der Waals surface area contributed by atoms with Crippen molar-refractivity contribution >= 4 is 40.4 Å². The molecule has 5 rings (SSSR count). The maximum absolute atomic E-state index is 11.9. The van der Waals surface area contributed by atoms with Gasteiger partial charge in [0.15, 0.2) is 11.1 Å². The zero-order valence-corrected chi connectivity index (χ0v) is 21.8. The van der Waals surface area contributed by atoms with E-state index in [4.69, 9.17) is 4.74 Å². The molecule has 5 aromatic rings. The van der Waals surface area contributed by atoms with Crippen LogP contribution in [0.4, 0.5) is 0 Å². The van der Waals surface area contributed by atoms with Gasteiger partial charge >= 0.3 is 5.97 Å². The van der Waals surface area contributed by atoms with Gasteiger partial charge in [-0.1, -0.05) is 97.1 Å². The number of hydrogen-bond acceptors (Lipinski definition) is 4. The van der Waals surface area contributed by atoms with Crippen LogP contribution < -0.4 is 31.1 Å². The Morgan fingerprint density at radius 1 is 0.553 bits per heavy atom. The summed E-state index contributed by atoms with van der Waals surface area (Å²) in [7, 11) is -2.28. The zero-order valence-electron chi connectivity index (χ0n) is 20.9. The Morgan fingerprint density at radius 3 is 1.29 bits per heavy atom. The summed E-state index contributed by atoms with van der Waals surface area (Å²) in [5, 5.41) is 14.8. The van der Waals surface area contributed by atoms with Crippen molar-refractivity contribution in [3.63, 3.8) is 0 Å². The Balaban J connectivity index is 0.000000317. The lowest BCUT2D eigenvalue weighted by atomic mass is 10.2. The third-order valence-electron chi connectivity index (χ3n) is 5.92. The van der Waals surface area contributed by atoms with Gasteiger partial charge in [0.25, 0.3) is 0 Å². The molecule has 0 saturated heterocycles. The fourth-order valence-electron chi connectivity index (χ4n) is 4.37. The molecule has 0 amide bonds. The zero-order chi connectivity index (χ0) is 26.8. The lowest BCUT2D eigenvalue weighted by molar-refractivity contribution is -0.255. The summed E-state index contributed by atoms with van der Waals surface area (Å²) in [6.07, 6.45) is 0. The van der Waals surface area contributed by atoms with E-state index in [1.54, 1.807) is 18.2 Å². The second-order valence-corrected chi connectivity index (χ2v) is 11.8. The average molecular weight is 519 g/mol. The van der Waals surface area contributed by atoms with Gasteiger partial charge in [-0.2, -0.15) is 0 Å². The lowest BCUT2D eigenvalue weighted by Gasteiger charge is -2.28. The number of hydrogen-bond donors (Lipinski definition) is 0. The molecule has 0 aliphatic rings. The average Bonchev–Trinajstić information content (AvgIpc) is 2.97. The highest BCUT2D eigenvalue weighted by atomic mass is 31.2. The topological polar surface area (TPSA) is 66.4 Å². The van der Waals surface area contributed by atoms with Crippen LogP contribution in [-0.2, 0) is 4.79 Å². The largest absolute Gasteiger partial charge is 0.545 e. The van der Waals surface area contributed by atoms with Crippen molar-refractivity contribution in [3.8, 4) is 5.75 Å². The molecular formula is C33H27O4P. The van der Waals surface area contributed by atoms with Gasteiger partial charge in [0.2, 0.25) is 0 Å². The third-order valence-corrected chi connectivity index (χ3v) is 10.2. The normalized spacial score (nSPS) is 10.6. The monoisotopic (exact) mass is 518 g/mol. The van der Waals surface area contributed by atoms with Crippen LogP contribution in [-0.4, -0.2) is 11.9 Å². The molecule has 188 valence electrons. The van der Waals surface area contributed by atoms with Crippen LogP contribution in [0.25, 0.3) is 0 Å². The second kappa shape index (κ2) is 12.6. The number of carbonyl (C=O) groups excluding carboxylic acids is 2. The van der Waals surface area contributed by atoms with Gasteiger partial charge in [0.1, 0.15) is 23.2 Å². The Labute approximate surface area is 223 Å². The Hall–Kier alpha value is -4.53. The number of benzene rings is 5. The number of carbonyl (C=O) groups is 2. The summed E-state index contributed by atoms with van der Waals surface area (Å²) in [5.74, 6) is -0.828. The van der Waals surface area contributed by atoms with Gasteiger partial charge in [-0.3, -0.25) is 4.79 Å². The predicted octanol–water partition coefficient (Wildman–Crippen LogP) is 4.28. The number of rotatable bonds is 6. The molecule has 5 heteroatoms. The quantitative estimate of drug-likeness (QED) is 0.191. The fraction of sp³-hybridized carbons (Fsp3) is 0.0303. The smallest absolute Gasteiger partial charge is 0.308 e. The minimum Gasteiger partial charge on any atom is -0.545 e. The molecule has 0 aliphatic carbocycles. The molecular weight excluding hydrogens is 491 g/mol. The van der Waals surface area contributed by atoms with Gasteiger partial charge in [0.05, 0.1) is 5.97 Å². The van der Waals surface area contributed by atoms with Crippen LogP contribution in [0.15, 0.2) is 146 Å². The van der Waals surface area contributed by atoms with Gasteiger partial charge in [-0.05, 0) is 54.1 Å². The Bertz CT molecular complexity index is 1370. The molecule has 0 aliphatic heterocycles. The van der Waals surface area contributed by atoms with Crippen LogP contribution in [0.5, 0.6) is 5.75 Å². The first kappa shape index (κ1) is 26.5. The fourth-order valence-corrected chi connectivity index (χ4v) is 8.72. The first-order chi connectivity index (χ1) is 18.5. The first-order valence-corrected chi connectivity index (χ1v) is 13.9. The van der Waals surface area contributed by atoms with Gasteiger partial charge < -0.3 is 14.6 Å². The van der Waals surface area contributed by atoms with Crippen molar-refractivity contribution in [1.82, 2.24) is 0 Å². The lowest BCUT2D eigenvalue weighted by Crippen LogP contribution is -2.39. The van der Waals surface area contributed by atoms with Gasteiger partial charge in [-0.15, -0.1) is 0 Å². The highest BCUT2D eigenvalue weighted by Gasteiger charge is 2.49. The van der Waals surface area contributed by atoms with Crippen LogP contribution in [0.3, 0.4) is 0 Å². The number of carboxylic acids is 1. The number of carboxylic acid groups (broad SMARTS) is 1. The SMILES string of the molecule is CC(=O)Oc1ccccc1[P+](c1ccccc1)(c1ccccc1)c1ccccc1.O=C([O-])c1ccccc1. The van der Waals surface area contributed by atoms with E-state index in [9.17, 15) is 14.7 Å². The summed E-state index contributed by atoms with van der Waals surface area (Å²) in [6, 6.07) is 47.6. The molecule has 0 unspecified atom stereocenters. The standard InChI is InChI=1S/C26H22O2P.C7H6O2/c1-21(27)28-25-19-11-12-20-26(25)29(22-13-5-2-6-14-22,23-15-7-3-8-16-23)24-17-9-4-10-18-24;8-7(9)6-4-2-1-3-5-6/h2-20H,1H3;1-5H,(H,8,9)/q+1;/p-1. The Morgan fingerprint density at radius 2 is 0.921 bits per heavy atom. The Kier molecular flexibility index (Phi) is 8.81. The molecule has 0 spiro atoms. The molecule has 0 heterocycles. The minimum absolute atomic E-state index is 0.220. The second-order valence-electron chi connectivity index (χ2n) is 8.39. The summed E-state index contributed by atoms with van der Waals surface area (Å²) >= 11 is 0. The van der Waals surface area contributed by atoms with E-state index >= 15 is 0 Å². The number of esters is 1. The van der Waals surface area contributed by atoms with Crippen LogP contribution in [0, 0.1) is 0 Å². The van der Waals surface area contributed by atoms with E-state index in [-0.39, 0.29) is 11.5 Å². The van der Waals surface area contributed by atoms with Crippen LogP contribution >= 0.6 is 7.26 Å². The van der Waals surface area contributed by atoms with Crippen LogP contribution in [0.2, 0.25) is 0 Å². The van der Waals surface area contributed by atoms with Crippen molar-refractivity contribution in [2.24, 2.45) is 0 Å². The van der Waals surface area contributed by atoms with E-state index in [0.717, 1.165) is 5.30 Å². The van der Waals surface area contributed by atoms with Gasteiger partial charge in [-0.25, -0.2) is 0 Å². The summed E-state index contributed by atoms with van der Waals surface area (Å²) < 4.78 is 5.70. The molecule has 0 bridgehead atoms. The number of para-hydroxylation sites is 1. The highest BCUT2D eigenvalue weighted by molar-refractivity contribution is 8.01. The van der Waals surface area contributed by atoms with Gasteiger partial charge in [0, 0.05) is 6.92 Å². The summed E-state index contributed by atoms with van der Waals surface area (Å²) in [4.78, 5) is 22.0. The van der Waals surface area contributed by atoms with E-state index < -0.39 is 13.2 Å².